The Morgan fingerprint density at radius 2 is 2.14 bits per heavy atom. The third-order valence-corrected chi connectivity index (χ3v) is 4.97. The molecule has 7 heteroatoms. The molecule has 0 saturated heterocycles. The number of thiazole rings is 1. The van der Waals surface area contributed by atoms with Gasteiger partial charge in [-0.3, -0.25) is 14.2 Å². The van der Waals surface area contributed by atoms with E-state index in [2.05, 4.69) is 20.9 Å². The summed E-state index contributed by atoms with van der Waals surface area (Å²) in [4.78, 5) is 28.3. The van der Waals surface area contributed by atoms with E-state index in [0.29, 0.717) is 27.6 Å². The lowest BCUT2D eigenvalue weighted by Crippen LogP contribution is -2.22. The van der Waals surface area contributed by atoms with Gasteiger partial charge in [0, 0.05) is 16.2 Å². The minimum atomic E-state index is -0.424. The van der Waals surface area contributed by atoms with Gasteiger partial charge in [0.15, 0.2) is 0 Å². The molecule has 0 spiro atoms. The smallest absolute Gasteiger partial charge is 0.310 e. The van der Waals surface area contributed by atoms with Gasteiger partial charge in [0.1, 0.15) is 4.88 Å². The number of nitrogens with zero attached hydrogens (tertiary/aromatic N) is 2. The summed E-state index contributed by atoms with van der Waals surface area (Å²) in [7, 11) is 0. The van der Waals surface area contributed by atoms with Crippen molar-refractivity contribution in [3.8, 4) is 5.88 Å². The number of amides is 1. The van der Waals surface area contributed by atoms with Crippen molar-refractivity contribution >= 4 is 38.7 Å². The Morgan fingerprint density at radius 1 is 1.36 bits per heavy atom. The normalized spacial score (nSPS) is 13.4. The van der Waals surface area contributed by atoms with Gasteiger partial charge >= 0.3 is 4.87 Å². The van der Waals surface area contributed by atoms with Crippen molar-refractivity contribution in [1.82, 2.24) is 4.57 Å². The summed E-state index contributed by atoms with van der Waals surface area (Å²) < 4.78 is 2.13. The summed E-state index contributed by atoms with van der Waals surface area (Å²) >= 11 is 4.25. The zero-order valence-electron chi connectivity index (χ0n) is 11.8. The first kappa shape index (κ1) is 15.2. The molecule has 1 N–H and O–H groups in total. The molecule has 2 heterocycles. The fraction of sp³-hybridized carbons (Fsp3) is 0.267. The second-order valence-corrected chi connectivity index (χ2v) is 6.86. The number of aromatic hydroxyl groups is 1. The molecule has 1 aromatic carbocycles. The number of rotatable bonds is 4. The molecule has 0 fully saturated rings. The lowest BCUT2D eigenvalue weighted by atomic mass is 10.1. The van der Waals surface area contributed by atoms with Crippen LogP contribution in [0.15, 0.2) is 32.5 Å². The molecule has 114 valence electrons. The standard InChI is InChI=1S/C15H13BrN2O3S/c1-2-3-6-18-14(20)12(22-15(18)21)11-9-7-8(16)4-5-10(9)17-13(11)19/h4-5,7,20H,2-3,6H2,1H3. The van der Waals surface area contributed by atoms with Crippen LogP contribution in [0.2, 0.25) is 0 Å². The van der Waals surface area contributed by atoms with E-state index in [4.69, 9.17) is 0 Å². The summed E-state index contributed by atoms with van der Waals surface area (Å²) in [5, 5.41) is 11.6. The Hall–Kier alpha value is -1.73. The van der Waals surface area contributed by atoms with Crippen LogP contribution in [0.1, 0.15) is 24.6 Å². The van der Waals surface area contributed by atoms with Gasteiger partial charge in [0.25, 0.3) is 5.91 Å². The van der Waals surface area contributed by atoms with Gasteiger partial charge in [-0.1, -0.05) is 40.6 Å². The highest BCUT2D eigenvalue weighted by atomic mass is 79.9. The number of aromatic nitrogens is 1. The minimum absolute atomic E-state index is 0.144. The van der Waals surface area contributed by atoms with E-state index < -0.39 is 5.91 Å². The van der Waals surface area contributed by atoms with E-state index in [0.717, 1.165) is 28.7 Å². The molecule has 1 aliphatic heterocycles. The molecule has 1 aliphatic rings. The number of hydrogen-bond acceptors (Lipinski definition) is 4. The molecule has 3 rings (SSSR count). The summed E-state index contributed by atoms with van der Waals surface area (Å²) in [6.45, 7) is 2.46. The molecule has 2 aromatic rings. The maximum absolute atomic E-state index is 12.2. The fourth-order valence-corrected chi connectivity index (χ4v) is 3.70. The Labute approximate surface area is 138 Å². The monoisotopic (exact) mass is 380 g/mol. The molecule has 5 nitrogen and oxygen atoms in total. The second-order valence-electron chi connectivity index (χ2n) is 4.98. The highest BCUT2D eigenvalue weighted by Gasteiger charge is 2.25. The Balaban J connectivity index is 2.24. The zero-order chi connectivity index (χ0) is 15.9. The van der Waals surface area contributed by atoms with E-state index in [9.17, 15) is 14.7 Å². The van der Waals surface area contributed by atoms with Gasteiger partial charge in [0.05, 0.1) is 10.9 Å². The molecule has 0 atom stereocenters. The molecular formula is C15H13BrN2O3S. The third kappa shape index (κ3) is 2.44. The van der Waals surface area contributed by atoms with Crippen molar-refractivity contribution in [2.45, 2.75) is 26.3 Å². The molecule has 0 unspecified atom stereocenters. The van der Waals surface area contributed by atoms with Gasteiger partial charge in [0.2, 0.25) is 5.88 Å². The maximum Gasteiger partial charge on any atom is 0.310 e. The van der Waals surface area contributed by atoms with Gasteiger partial charge in [-0.15, -0.1) is 0 Å². The van der Waals surface area contributed by atoms with Crippen LogP contribution in [0.3, 0.4) is 0 Å². The Bertz CT molecular complexity index is 943. The van der Waals surface area contributed by atoms with E-state index in [1.807, 2.05) is 6.92 Å². The maximum atomic E-state index is 12.2. The van der Waals surface area contributed by atoms with Gasteiger partial charge in [-0.05, 0) is 24.6 Å². The van der Waals surface area contributed by atoms with Crippen molar-refractivity contribution in [3.05, 3.63) is 47.8 Å². The number of hydrogen-bond donors (Lipinski definition) is 1. The Morgan fingerprint density at radius 3 is 2.86 bits per heavy atom. The van der Waals surface area contributed by atoms with Crippen LogP contribution >= 0.6 is 27.3 Å². The number of carbonyl (C=O) groups excluding carboxylic acids is 1. The summed E-state index contributed by atoms with van der Waals surface area (Å²) in [5.41, 5.74) is 0.297. The van der Waals surface area contributed by atoms with Crippen LogP contribution in [0.5, 0.6) is 5.88 Å². The van der Waals surface area contributed by atoms with E-state index in [-0.39, 0.29) is 10.8 Å². The molecule has 0 bridgehead atoms. The highest BCUT2D eigenvalue weighted by Crippen LogP contribution is 2.28. The van der Waals surface area contributed by atoms with E-state index in [1.165, 1.54) is 4.57 Å². The van der Waals surface area contributed by atoms with Gasteiger partial charge in [-0.25, -0.2) is 4.99 Å². The number of fused-ring (bicyclic) bond motifs is 1. The third-order valence-electron chi connectivity index (χ3n) is 3.49. The largest absolute Gasteiger partial charge is 0.493 e. The van der Waals surface area contributed by atoms with Crippen molar-refractivity contribution in [3.63, 3.8) is 0 Å². The van der Waals surface area contributed by atoms with Crippen molar-refractivity contribution in [2.24, 2.45) is 4.99 Å². The van der Waals surface area contributed by atoms with E-state index >= 15 is 0 Å². The topological polar surface area (TPSA) is 71.7 Å². The van der Waals surface area contributed by atoms with Crippen molar-refractivity contribution in [2.75, 3.05) is 0 Å². The first-order chi connectivity index (χ1) is 10.5. The first-order valence-electron chi connectivity index (χ1n) is 6.88. The van der Waals surface area contributed by atoms with Crippen LogP contribution in [-0.4, -0.2) is 15.6 Å². The second kappa shape index (κ2) is 5.81. The van der Waals surface area contributed by atoms with Crippen LogP contribution in [-0.2, 0) is 11.3 Å². The molecule has 0 saturated carbocycles. The van der Waals surface area contributed by atoms with Crippen molar-refractivity contribution < 1.29 is 9.90 Å². The van der Waals surface area contributed by atoms with Gasteiger partial charge < -0.3 is 5.11 Å². The lowest BCUT2D eigenvalue weighted by Gasteiger charge is -2.03. The van der Waals surface area contributed by atoms with E-state index in [1.54, 1.807) is 18.2 Å². The molecule has 0 aliphatic carbocycles. The lowest BCUT2D eigenvalue weighted by molar-refractivity contribution is -0.112. The molecule has 0 radical (unpaired) electrons. The fourth-order valence-electron chi connectivity index (χ4n) is 2.38. The highest BCUT2D eigenvalue weighted by molar-refractivity contribution is 9.10. The summed E-state index contributed by atoms with van der Waals surface area (Å²) in [5.74, 6) is -0.567. The van der Waals surface area contributed by atoms with Crippen molar-refractivity contribution in [1.29, 1.82) is 0 Å². The number of halogens is 1. The van der Waals surface area contributed by atoms with Crippen LogP contribution in [0, 0.1) is 0 Å². The number of carbonyl (C=O) groups is 1. The first-order valence-corrected chi connectivity index (χ1v) is 8.49. The summed E-state index contributed by atoms with van der Waals surface area (Å²) in [6, 6.07) is 5.31. The SMILES string of the molecule is CCCCn1c(O)c(C2=c3cc(Br)ccc3=NC2=O)sc1=O. The average molecular weight is 381 g/mol. The van der Waals surface area contributed by atoms with Crippen LogP contribution < -0.4 is 15.4 Å². The van der Waals surface area contributed by atoms with Crippen LogP contribution in [0.25, 0.3) is 5.57 Å². The molecule has 1 amide bonds. The summed E-state index contributed by atoms with van der Waals surface area (Å²) in [6.07, 6.45) is 1.71. The van der Waals surface area contributed by atoms with Crippen LogP contribution in [0.4, 0.5) is 0 Å². The van der Waals surface area contributed by atoms with Gasteiger partial charge in [-0.2, -0.15) is 0 Å². The minimum Gasteiger partial charge on any atom is -0.493 e. The average Bonchev–Trinajstić information content (AvgIpc) is 2.93. The quantitative estimate of drug-likeness (QED) is 0.874. The molecule has 1 aromatic heterocycles. The predicted octanol–water partition coefficient (Wildman–Crippen LogP) is 1.54. The predicted molar refractivity (Wildman–Crippen MR) is 87.6 cm³/mol. The number of benzene rings is 1. The molecular weight excluding hydrogens is 368 g/mol. The Kier molecular flexibility index (Phi) is 4.01. The molecule has 22 heavy (non-hydrogen) atoms. The zero-order valence-corrected chi connectivity index (χ0v) is 14.2. The number of unbranched alkanes of at least 4 members (excludes halogenated alkanes) is 1.